The van der Waals surface area contributed by atoms with Crippen molar-refractivity contribution in [2.45, 2.75) is 19.1 Å². The monoisotopic (exact) mass is 287 g/mol. The molecule has 0 amide bonds. The van der Waals surface area contributed by atoms with Crippen molar-refractivity contribution in [3.63, 3.8) is 0 Å². The largest absolute Gasteiger partial charge is 0.497 e. The van der Waals surface area contributed by atoms with Crippen LogP contribution in [0.1, 0.15) is 22.9 Å². The van der Waals surface area contributed by atoms with Gasteiger partial charge in [0.15, 0.2) is 0 Å². The van der Waals surface area contributed by atoms with Crippen LogP contribution >= 0.6 is 0 Å². The Balaban J connectivity index is 1.56. The van der Waals surface area contributed by atoms with Crippen LogP contribution in [0.15, 0.2) is 30.5 Å². The Morgan fingerprint density at radius 1 is 1.38 bits per heavy atom. The van der Waals surface area contributed by atoms with E-state index in [1.54, 1.807) is 7.11 Å². The van der Waals surface area contributed by atoms with Crippen LogP contribution in [0.3, 0.4) is 0 Å². The summed E-state index contributed by atoms with van der Waals surface area (Å²) in [6.07, 6.45) is 3.10. The van der Waals surface area contributed by atoms with E-state index >= 15 is 0 Å². The highest BCUT2D eigenvalue weighted by molar-refractivity contribution is 5.27. The Morgan fingerprint density at radius 2 is 2.19 bits per heavy atom. The van der Waals surface area contributed by atoms with Crippen molar-refractivity contribution >= 4 is 0 Å². The lowest BCUT2D eigenvalue weighted by Crippen LogP contribution is -2.27. The third-order valence-electron chi connectivity index (χ3n) is 3.75. The molecule has 0 aliphatic carbocycles. The number of nitrogens with one attached hydrogen (secondary N) is 1. The van der Waals surface area contributed by atoms with Gasteiger partial charge in [0, 0.05) is 26.3 Å². The Hall–Kier alpha value is -1.85. The molecule has 0 saturated carbocycles. The molecule has 2 aromatic rings. The third-order valence-corrected chi connectivity index (χ3v) is 3.75. The van der Waals surface area contributed by atoms with Gasteiger partial charge in [-0.05, 0) is 29.7 Å². The molecule has 0 bridgehead atoms. The van der Waals surface area contributed by atoms with Crippen LogP contribution in [0.2, 0.25) is 0 Å². The molecule has 2 heterocycles. The minimum atomic E-state index is 0.0493. The first-order valence-corrected chi connectivity index (χ1v) is 7.24. The van der Waals surface area contributed by atoms with Crippen LogP contribution in [0, 0.1) is 0 Å². The Morgan fingerprint density at radius 3 is 2.95 bits per heavy atom. The van der Waals surface area contributed by atoms with Gasteiger partial charge in [-0.2, -0.15) is 5.10 Å². The predicted molar refractivity (Wildman–Crippen MR) is 80.3 cm³/mol. The Kier molecular flexibility index (Phi) is 4.22. The van der Waals surface area contributed by atoms with Gasteiger partial charge >= 0.3 is 0 Å². The van der Waals surface area contributed by atoms with Crippen molar-refractivity contribution in [2.24, 2.45) is 7.05 Å². The second kappa shape index (κ2) is 6.28. The zero-order valence-electron chi connectivity index (χ0n) is 12.5. The summed E-state index contributed by atoms with van der Waals surface area (Å²) in [5.74, 6) is 0.882. The average Bonchev–Trinajstić information content (AvgIpc) is 2.89. The van der Waals surface area contributed by atoms with Gasteiger partial charge in [0.05, 0.1) is 19.4 Å². The van der Waals surface area contributed by atoms with Crippen molar-refractivity contribution in [2.75, 3.05) is 20.3 Å². The van der Waals surface area contributed by atoms with Crippen molar-refractivity contribution in [1.82, 2.24) is 15.1 Å². The van der Waals surface area contributed by atoms with Gasteiger partial charge < -0.3 is 14.8 Å². The molecular weight excluding hydrogens is 266 g/mol. The predicted octanol–water partition coefficient (Wildman–Crippen LogP) is 1.83. The number of fused-ring (bicyclic) bond motifs is 1. The van der Waals surface area contributed by atoms with E-state index in [2.05, 4.69) is 28.7 Å². The molecule has 0 unspecified atom stereocenters. The lowest BCUT2D eigenvalue weighted by atomic mass is 10.1. The summed E-state index contributed by atoms with van der Waals surface area (Å²) in [5, 5.41) is 7.96. The lowest BCUT2D eigenvalue weighted by Gasteiger charge is -2.22. The quantitative estimate of drug-likeness (QED) is 0.911. The van der Waals surface area contributed by atoms with Crippen LogP contribution in [0.25, 0.3) is 0 Å². The zero-order chi connectivity index (χ0) is 14.7. The number of aryl methyl sites for hydroxylation is 1. The average molecular weight is 287 g/mol. The van der Waals surface area contributed by atoms with Crippen molar-refractivity contribution in [1.29, 1.82) is 0 Å². The molecular formula is C16H21N3O2. The molecule has 3 rings (SSSR count). The van der Waals surface area contributed by atoms with E-state index in [0.717, 1.165) is 37.6 Å². The van der Waals surface area contributed by atoms with Gasteiger partial charge in [-0.1, -0.05) is 12.1 Å². The molecule has 5 heteroatoms. The molecule has 0 saturated heterocycles. The van der Waals surface area contributed by atoms with Gasteiger partial charge in [-0.3, -0.25) is 4.68 Å². The fourth-order valence-corrected chi connectivity index (χ4v) is 2.66. The summed E-state index contributed by atoms with van der Waals surface area (Å²) in [6.45, 7) is 2.36. The smallest absolute Gasteiger partial charge is 0.118 e. The van der Waals surface area contributed by atoms with Crippen LogP contribution in [0.5, 0.6) is 5.75 Å². The molecule has 1 aromatic heterocycles. The molecule has 1 aromatic carbocycles. The Labute approximate surface area is 124 Å². The van der Waals surface area contributed by atoms with E-state index in [9.17, 15) is 0 Å². The molecule has 0 fully saturated rings. The zero-order valence-corrected chi connectivity index (χ0v) is 12.5. The SMILES string of the molecule is COc1ccc(CNC[C@@H]2OCCc3cn(C)nc32)cc1. The van der Waals surface area contributed by atoms with Crippen LogP contribution < -0.4 is 10.1 Å². The molecule has 0 spiro atoms. The van der Waals surface area contributed by atoms with Crippen LogP contribution in [-0.2, 0) is 24.8 Å². The summed E-state index contributed by atoms with van der Waals surface area (Å²) in [4.78, 5) is 0. The summed E-state index contributed by atoms with van der Waals surface area (Å²) in [6, 6.07) is 8.09. The fourth-order valence-electron chi connectivity index (χ4n) is 2.66. The number of benzene rings is 1. The highest BCUT2D eigenvalue weighted by Gasteiger charge is 2.23. The highest BCUT2D eigenvalue weighted by atomic mass is 16.5. The van der Waals surface area contributed by atoms with Crippen molar-refractivity contribution in [3.05, 3.63) is 47.3 Å². The number of methoxy groups -OCH3 is 1. The number of rotatable bonds is 5. The number of ether oxygens (including phenoxy) is 2. The lowest BCUT2D eigenvalue weighted by molar-refractivity contribution is 0.0393. The summed E-state index contributed by atoms with van der Waals surface area (Å²) < 4.78 is 12.9. The summed E-state index contributed by atoms with van der Waals surface area (Å²) in [7, 11) is 3.64. The molecule has 1 atom stereocenters. The summed E-state index contributed by atoms with van der Waals surface area (Å²) in [5.41, 5.74) is 3.61. The van der Waals surface area contributed by atoms with Gasteiger partial charge in [-0.25, -0.2) is 0 Å². The van der Waals surface area contributed by atoms with Gasteiger partial charge in [0.2, 0.25) is 0 Å². The highest BCUT2D eigenvalue weighted by Crippen LogP contribution is 2.24. The molecule has 5 nitrogen and oxygen atoms in total. The second-order valence-electron chi connectivity index (χ2n) is 5.30. The van der Waals surface area contributed by atoms with E-state index in [0.29, 0.717) is 0 Å². The number of aromatic nitrogens is 2. The molecule has 1 aliphatic rings. The van der Waals surface area contributed by atoms with Crippen LogP contribution in [0.4, 0.5) is 0 Å². The van der Waals surface area contributed by atoms with Crippen LogP contribution in [-0.4, -0.2) is 30.0 Å². The van der Waals surface area contributed by atoms with Gasteiger partial charge in [0.1, 0.15) is 11.9 Å². The van der Waals surface area contributed by atoms with Crippen molar-refractivity contribution < 1.29 is 9.47 Å². The number of nitrogens with zero attached hydrogens (tertiary/aromatic N) is 2. The molecule has 0 radical (unpaired) electrons. The van der Waals surface area contributed by atoms with Gasteiger partial charge in [-0.15, -0.1) is 0 Å². The minimum Gasteiger partial charge on any atom is -0.497 e. The van der Waals surface area contributed by atoms with Crippen molar-refractivity contribution in [3.8, 4) is 5.75 Å². The minimum absolute atomic E-state index is 0.0493. The van der Waals surface area contributed by atoms with E-state index in [-0.39, 0.29) is 6.10 Å². The molecule has 1 aliphatic heterocycles. The van der Waals surface area contributed by atoms with E-state index in [4.69, 9.17) is 9.47 Å². The molecule has 21 heavy (non-hydrogen) atoms. The first kappa shape index (κ1) is 14.1. The maximum atomic E-state index is 5.83. The maximum Gasteiger partial charge on any atom is 0.118 e. The maximum absolute atomic E-state index is 5.83. The molecule has 112 valence electrons. The Bertz CT molecular complexity index is 592. The normalized spacial score (nSPS) is 17.5. The number of hydrogen-bond acceptors (Lipinski definition) is 4. The summed E-state index contributed by atoms with van der Waals surface area (Å²) >= 11 is 0. The topological polar surface area (TPSA) is 48.3 Å². The first-order chi connectivity index (χ1) is 10.3. The van der Waals surface area contributed by atoms with Gasteiger partial charge in [0.25, 0.3) is 0 Å². The second-order valence-corrected chi connectivity index (χ2v) is 5.30. The van der Waals surface area contributed by atoms with E-state index in [1.807, 2.05) is 23.9 Å². The third kappa shape index (κ3) is 3.25. The standard InChI is InChI=1S/C16H21N3O2/c1-19-11-13-7-8-21-15(16(13)18-19)10-17-9-12-3-5-14(20-2)6-4-12/h3-6,11,15,17H,7-10H2,1-2H3/t15-/m0/s1. The fraction of sp³-hybridized carbons (Fsp3) is 0.438. The van der Waals surface area contributed by atoms with E-state index in [1.165, 1.54) is 11.1 Å². The number of hydrogen-bond donors (Lipinski definition) is 1. The van der Waals surface area contributed by atoms with E-state index < -0.39 is 0 Å². The first-order valence-electron chi connectivity index (χ1n) is 7.24. The molecule has 1 N–H and O–H groups in total.